The first-order chi connectivity index (χ1) is 10.6. The van der Waals surface area contributed by atoms with Crippen LogP contribution in [-0.4, -0.2) is 7.11 Å². The highest BCUT2D eigenvalue weighted by molar-refractivity contribution is 5.85. The van der Waals surface area contributed by atoms with Gasteiger partial charge in [0.25, 0.3) is 0 Å². The summed E-state index contributed by atoms with van der Waals surface area (Å²) < 4.78 is 10.9. The smallest absolute Gasteiger partial charge is 0.340 e. The Labute approximate surface area is 129 Å². The van der Waals surface area contributed by atoms with Crippen molar-refractivity contribution in [2.75, 3.05) is 7.11 Å². The van der Waals surface area contributed by atoms with Crippen LogP contribution in [0.3, 0.4) is 0 Å². The Morgan fingerprint density at radius 2 is 1.73 bits per heavy atom. The van der Waals surface area contributed by atoms with Gasteiger partial charge in [0.1, 0.15) is 11.3 Å². The second kappa shape index (κ2) is 5.68. The van der Waals surface area contributed by atoms with Crippen molar-refractivity contribution >= 4 is 11.0 Å². The molecule has 3 aromatic rings. The Hall–Kier alpha value is -2.55. The van der Waals surface area contributed by atoms with Crippen LogP contribution in [0.5, 0.6) is 5.75 Å². The summed E-state index contributed by atoms with van der Waals surface area (Å²) >= 11 is 0. The van der Waals surface area contributed by atoms with Gasteiger partial charge >= 0.3 is 5.63 Å². The minimum absolute atomic E-state index is 0.273. The maximum atomic E-state index is 12.4. The number of methoxy groups -OCH3 is 1. The Morgan fingerprint density at radius 3 is 2.41 bits per heavy atom. The SMILES string of the molecule is COc1ccc2c(C)c(Cc3ccccc3)c(=O)oc2c1C. The number of aryl methyl sites for hydroxylation is 2. The predicted molar refractivity (Wildman–Crippen MR) is 87.8 cm³/mol. The maximum absolute atomic E-state index is 12.4. The third-order valence-electron chi connectivity index (χ3n) is 4.10. The zero-order valence-corrected chi connectivity index (χ0v) is 13.0. The molecule has 1 heterocycles. The highest BCUT2D eigenvalue weighted by Gasteiger charge is 2.15. The topological polar surface area (TPSA) is 39.4 Å². The van der Waals surface area contributed by atoms with Crippen molar-refractivity contribution in [3.05, 3.63) is 75.1 Å². The Bertz CT molecular complexity index is 877. The largest absolute Gasteiger partial charge is 0.496 e. The molecule has 1 aromatic heterocycles. The number of benzene rings is 2. The minimum atomic E-state index is -0.273. The van der Waals surface area contributed by atoms with Gasteiger partial charge in [0.05, 0.1) is 7.11 Å². The van der Waals surface area contributed by atoms with Crippen LogP contribution in [-0.2, 0) is 6.42 Å². The van der Waals surface area contributed by atoms with E-state index in [1.54, 1.807) is 7.11 Å². The average Bonchev–Trinajstić information content (AvgIpc) is 2.53. The molecule has 0 spiro atoms. The number of hydrogen-bond acceptors (Lipinski definition) is 3. The van der Waals surface area contributed by atoms with Gasteiger partial charge < -0.3 is 9.15 Å². The van der Waals surface area contributed by atoms with Crippen molar-refractivity contribution in [2.24, 2.45) is 0 Å². The maximum Gasteiger partial charge on any atom is 0.340 e. The Kier molecular flexibility index (Phi) is 3.72. The van der Waals surface area contributed by atoms with E-state index in [2.05, 4.69) is 0 Å². The van der Waals surface area contributed by atoms with Crippen molar-refractivity contribution in [1.29, 1.82) is 0 Å². The first kappa shape index (κ1) is 14.4. The van der Waals surface area contributed by atoms with Crippen LogP contribution in [0, 0.1) is 13.8 Å². The highest BCUT2D eigenvalue weighted by Crippen LogP contribution is 2.29. The minimum Gasteiger partial charge on any atom is -0.496 e. The highest BCUT2D eigenvalue weighted by atomic mass is 16.5. The standard InChI is InChI=1S/C19H18O3/c1-12-15-9-10-17(21-3)13(2)18(15)22-19(20)16(12)11-14-7-5-4-6-8-14/h4-10H,11H2,1-3H3. The molecule has 3 nitrogen and oxygen atoms in total. The summed E-state index contributed by atoms with van der Waals surface area (Å²) in [6.07, 6.45) is 0.579. The molecular formula is C19H18O3. The normalized spacial score (nSPS) is 10.9. The molecule has 3 rings (SSSR count). The molecule has 0 radical (unpaired) electrons. The molecule has 0 aliphatic heterocycles. The molecule has 0 amide bonds. The van der Waals surface area contributed by atoms with Gasteiger partial charge in [-0.2, -0.15) is 0 Å². The zero-order valence-electron chi connectivity index (χ0n) is 13.0. The fraction of sp³-hybridized carbons (Fsp3) is 0.211. The molecule has 0 fully saturated rings. The van der Waals surface area contributed by atoms with Gasteiger partial charge in [-0.25, -0.2) is 4.79 Å². The monoisotopic (exact) mass is 294 g/mol. The van der Waals surface area contributed by atoms with Crippen LogP contribution in [0.2, 0.25) is 0 Å². The summed E-state index contributed by atoms with van der Waals surface area (Å²) in [5.74, 6) is 0.728. The summed E-state index contributed by atoms with van der Waals surface area (Å²) in [4.78, 5) is 12.4. The molecule has 2 aromatic carbocycles. The van der Waals surface area contributed by atoms with Crippen molar-refractivity contribution in [3.63, 3.8) is 0 Å². The molecule has 0 aliphatic rings. The van der Waals surface area contributed by atoms with Crippen molar-refractivity contribution in [1.82, 2.24) is 0 Å². The van der Waals surface area contributed by atoms with Gasteiger partial charge in [0, 0.05) is 22.9 Å². The number of rotatable bonds is 3. The second-order valence-corrected chi connectivity index (χ2v) is 5.42. The van der Waals surface area contributed by atoms with E-state index in [1.165, 1.54) is 0 Å². The van der Waals surface area contributed by atoms with Gasteiger partial charge in [-0.05, 0) is 37.1 Å². The lowest BCUT2D eigenvalue weighted by Crippen LogP contribution is -2.11. The van der Waals surface area contributed by atoms with Gasteiger partial charge in [-0.1, -0.05) is 30.3 Å². The van der Waals surface area contributed by atoms with E-state index in [9.17, 15) is 4.79 Å². The van der Waals surface area contributed by atoms with Crippen molar-refractivity contribution in [2.45, 2.75) is 20.3 Å². The molecule has 0 aliphatic carbocycles. The van der Waals surface area contributed by atoms with Crippen LogP contribution in [0.4, 0.5) is 0 Å². The zero-order chi connectivity index (χ0) is 15.7. The molecule has 0 N–H and O–H groups in total. The number of ether oxygens (including phenoxy) is 1. The average molecular weight is 294 g/mol. The molecule has 3 heteroatoms. The van der Waals surface area contributed by atoms with Crippen molar-refractivity contribution < 1.29 is 9.15 Å². The van der Waals surface area contributed by atoms with Gasteiger partial charge in [0.15, 0.2) is 0 Å². The van der Waals surface area contributed by atoms with Gasteiger partial charge in [-0.15, -0.1) is 0 Å². The molecular weight excluding hydrogens is 276 g/mol. The van der Waals surface area contributed by atoms with E-state index in [4.69, 9.17) is 9.15 Å². The fourth-order valence-electron chi connectivity index (χ4n) is 2.80. The van der Waals surface area contributed by atoms with Crippen LogP contribution in [0.1, 0.15) is 22.3 Å². The predicted octanol–water partition coefficient (Wildman–Crippen LogP) is 4.01. The van der Waals surface area contributed by atoms with E-state index < -0.39 is 0 Å². The molecule has 0 saturated heterocycles. The van der Waals surface area contributed by atoms with Crippen LogP contribution in [0.15, 0.2) is 51.7 Å². The second-order valence-electron chi connectivity index (χ2n) is 5.42. The van der Waals surface area contributed by atoms with Crippen molar-refractivity contribution in [3.8, 4) is 5.75 Å². The van der Waals surface area contributed by atoms with Gasteiger partial charge in [-0.3, -0.25) is 0 Å². The third-order valence-corrected chi connectivity index (χ3v) is 4.10. The van der Waals surface area contributed by atoms with Crippen LogP contribution >= 0.6 is 0 Å². The first-order valence-electron chi connectivity index (χ1n) is 7.25. The first-order valence-corrected chi connectivity index (χ1v) is 7.25. The lowest BCUT2D eigenvalue weighted by atomic mass is 9.98. The Balaban J connectivity index is 2.19. The fourth-order valence-corrected chi connectivity index (χ4v) is 2.80. The number of hydrogen-bond donors (Lipinski definition) is 0. The summed E-state index contributed by atoms with van der Waals surface area (Å²) in [5.41, 5.74) is 3.97. The lowest BCUT2D eigenvalue weighted by Gasteiger charge is -2.11. The van der Waals surface area contributed by atoms with E-state index >= 15 is 0 Å². The van der Waals surface area contributed by atoms with E-state index in [0.29, 0.717) is 17.6 Å². The third kappa shape index (κ3) is 2.39. The molecule has 112 valence electrons. The van der Waals surface area contributed by atoms with E-state index in [-0.39, 0.29) is 5.63 Å². The molecule has 22 heavy (non-hydrogen) atoms. The summed E-state index contributed by atoms with van der Waals surface area (Å²) in [6, 6.07) is 13.8. The van der Waals surface area contributed by atoms with Gasteiger partial charge in [0.2, 0.25) is 0 Å². The van der Waals surface area contributed by atoms with Crippen LogP contribution in [0.25, 0.3) is 11.0 Å². The molecule has 0 saturated carbocycles. The number of fused-ring (bicyclic) bond motifs is 1. The van der Waals surface area contributed by atoms with Crippen LogP contribution < -0.4 is 10.4 Å². The summed E-state index contributed by atoms with van der Waals surface area (Å²) in [7, 11) is 1.61. The molecule has 0 bridgehead atoms. The molecule has 0 unspecified atom stereocenters. The lowest BCUT2D eigenvalue weighted by molar-refractivity contribution is 0.410. The van der Waals surface area contributed by atoms with E-state index in [1.807, 2.05) is 56.3 Å². The summed E-state index contributed by atoms with van der Waals surface area (Å²) in [6.45, 7) is 3.88. The Morgan fingerprint density at radius 1 is 1.00 bits per heavy atom. The quantitative estimate of drug-likeness (QED) is 0.685. The summed E-state index contributed by atoms with van der Waals surface area (Å²) in [5, 5.41) is 0.962. The van der Waals surface area contributed by atoms with E-state index in [0.717, 1.165) is 27.8 Å². The molecule has 0 atom stereocenters.